The lowest BCUT2D eigenvalue weighted by molar-refractivity contribution is 0.103. The van der Waals surface area contributed by atoms with Crippen molar-refractivity contribution in [1.82, 2.24) is 0 Å². The molecule has 0 spiro atoms. The Labute approximate surface area is 225 Å². The predicted octanol–water partition coefficient (Wildman–Crippen LogP) is 4.52. The SMILES string of the molecule is COC1=C(OC)C(OC)C(=C=O)c2c(O)c(C(=O)c3ccccc3)c(OC)c(-c3ccc(OC)c(OC)c3)c21. The third-order valence-electron chi connectivity index (χ3n) is 6.56. The molecule has 0 radical (unpaired) electrons. The summed E-state index contributed by atoms with van der Waals surface area (Å²) in [5.74, 6) is 2.17. The van der Waals surface area contributed by atoms with Crippen LogP contribution < -0.4 is 14.2 Å². The van der Waals surface area contributed by atoms with Gasteiger partial charge in [-0.15, -0.1) is 0 Å². The summed E-state index contributed by atoms with van der Waals surface area (Å²) in [5.41, 5.74) is 1.22. The molecule has 0 heterocycles. The number of hydrogen-bond donors (Lipinski definition) is 1. The molecule has 0 saturated carbocycles. The van der Waals surface area contributed by atoms with E-state index in [0.717, 1.165) is 0 Å². The number of phenols is 1. The number of methoxy groups -OCH3 is 6. The summed E-state index contributed by atoms with van der Waals surface area (Å²) < 4.78 is 33.7. The van der Waals surface area contributed by atoms with E-state index >= 15 is 0 Å². The van der Waals surface area contributed by atoms with Gasteiger partial charge in [0, 0.05) is 29.4 Å². The van der Waals surface area contributed by atoms with E-state index in [9.17, 15) is 14.7 Å². The smallest absolute Gasteiger partial charge is 0.200 e. The van der Waals surface area contributed by atoms with Crippen LogP contribution in [0.3, 0.4) is 0 Å². The number of carbonyl (C=O) groups excluding carboxylic acids is 2. The van der Waals surface area contributed by atoms with E-state index in [1.165, 1.54) is 42.7 Å². The molecule has 0 bridgehead atoms. The zero-order valence-electron chi connectivity index (χ0n) is 22.4. The number of carbonyl (C=O) groups is 1. The first-order chi connectivity index (χ1) is 18.9. The van der Waals surface area contributed by atoms with Gasteiger partial charge in [0.05, 0.1) is 41.1 Å². The minimum Gasteiger partial charge on any atom is -0.506 e. The fourth-order valence-electron chi connectivity index (χ4n) is 4.86. The lowest BCUT2D eigenvalue weighted by Gasteiger charge is -2.32. The molecule has 1 unspecified atom stereocenters. The van der Waals surface area contributed by atoms with Gasteiger partial charge in [-0.3, -0.25) is 4.79 Å². The highest BCUT2D eigenvalue weighted by Crippen LogP contribution is 2.54. The summed E-state index contributed by atoms with van der Waals surface area (Å²) in [6, 6.07) is 13.5. The molecule has 3 aromatic carbocycles. The zero-order chi connectivity index (χ0) is 28.3. The van der Waals surface area contributed by atoms with E-state index in [1.807, 2.05) is 5.94 Å². The quantitative estimate of drug-likeness (QED) is 0.314. The second kappa shape index (κ2) is 11.3. The summed E-state index contributed by atoms with van der Waals surface area (Å²) in [5, 5.41) is 11.7. The zero-order valence-corrected chi connectivity index (χ0v) is 22.4. The fourth-order valence-corrected chi connectivity index (χ4v) is 4.86. The first-order valence-corrected chi connectivity index (χ1v) is 11.8. The molecule has 9 nitrogen and oxygen atoms in total. The summed E-state index contributed by atoms with van der Waals surface area (Å²) in [7, 11) is 8.61. The highest BCUT2D eigenvalue weighted by atomic mass is 16.5. The number of ether oxygens (including phenoxy) is 6. The summed E-state index contributed by atoms with van der Waals surface area (Å²) >= 11 is 0. The van der Waals surface area contributed by atoms with Gasteiger partial charge in [-0.05, 0) is 17.7 Å². The Hall–Kier alpha value is -4.72. The Morgan fingerprint density at radius 1 is 0.795 bits per heavy atom. The number of fused-ring (bicyclic) bond motifs is 1. The van der Waals surface area contributed by atoms with Gasteiger partial charge < -0.3 is 33.5 Å². The fraction of sp³-hybridized carbons (Fsp3) is 0.233. The van der Waals surface area contributed by atoms with Gasteiger partial charge >= 0.3 is 0 Å². The second-order valence-corrected chi connectivity index (χ2v) is 8.38. The van der Waals surface area contributed by atoms with Crippen LogP contribution in [0.1, 0.15) is 27.0 Å². The molecule has 1 aliphatic carbocycles. The molecule has 0 saturated heterocycles. The number of rotatable bonds is 9. The van der Waals surface area contributed by atoms with Crippen molar-refractivity contribution in [3.63, 3.8) is 0 Å². The van der Waals surface area contributed by atoms with Gasteiger partial charge in [-0.1, -0.05) is 36.4 Å². The van der Waals surface area contributed by atoms with E-state index in [4.69, 9.17) is 28.4 Å². The maximum absolute atomic E-state index is 13.9. The standard InChI is InChI=1S/C30H28O9/c1-34-19-13-12-17(14-20(19)35-2)21-23-22(18(15-31)27(36-3)30(39-6)29(23)38-5)26(33)24(28(21)37-4)25(32)16-10-8-7-9-11-16/h7-14,27,33H,1-6H3. The number of benzene rings is 3. The van der Waals surface area contributed by atoms with E-state index in [1.54, 1.807) is 48.5 Å². The van der Waals surface area contributed by atoms with Gasteiger partial charge in [-0.2, -0.15) is 0 Å². The molecular formula is C30H28O9. The average Bonchev–Trinajstić information content (AvgIpc) is 2.99. The van der Waals surface area contributed by atoms with Gasteiger partial charge in [0.25, 0.3) is 0 Å². The molecule has 1 N–H and O–H groups in total. The van der Waals surface area contributed by atoms with Crippen LogP contribution in [-0.4, -0.2) is 65.6 Å². The van der Waals surface area contributed by atoms with Crippen LogP contribution in [0.4, 0.5) is 0 Å². The topological polar surface area (TPSA) is 110 Å². The Kier molecular flexibility index (Phi) is 7.95. The summed E-state index contributed by atoms with van der Waals surface area (Å²) in [6.45, 7) is 0. The van der Waals surface area contributed by atoms with E-state index in [2.05, 4.69) is 0 Å². The normalized spacial score (nSPS) is 14.3. The Morgan fingerprint density at radius 2 is 1.49 bits per heavy atom. The molecule has 9 heteroatoms. The van der Waals surface area contributed by atoms with Crippen molar-refractivity contribution in [3.05, 3.63) is 76.5 Å². The van der Waals surface area contributed by atoms with Gasteiger partial charge in [-0.25, -0.2) is 4.79 Å². The van der Waals surface area contributed by atoms with E-state index < -0.39 is 17.6 Å². The first kappa shape index (κ1) is 27.3. The molecular weight excluding hydrogens is 504 g/mol. The molecule has 3 aromatic rings. The third-order valence-corrected chi connectivity index (χ3v) is 6.56. The Balaban J connectivity index is 2.26. The van der Waals surface area contributed by atoms with Crippen molar-refractivity contribution in [2.24, 2.45) is 0 Å². The molecule has 0 aromatic heterocycles. The van der Waals surface area contributed by atoms with Crippen molar-refractivity contribution in [2.75, 3.05) is 42.7 Å². The van der Waals surface area contributed by atoms with E-state index in [-0.39, 0.29) is 39.5 Å². The highest BCUT2D eigenvalue weighted by molar-refractivity contribution is 6.17. The van der Waals surface area contributed by atoms with Crippen molar-refractivity contribution in [2.45, 2.75) is 6.10 Å². The lowest BCUT2D eigenvalue weighted by atomic mass is 9.79. The van der Waals surface area contributed by atoms with Gasteiger partial charge in [0.2, 0.25) is 5.78 Å². The van der Waals surface area contributed by atoms with Crippen LogP contribution in [0.2, 0.25) is 0 Å². The second-order valence-electron chi connectivity index (χ2n) is 8.38. The van der Waals surface area contributed by atoms with Crippen LogP contribution >= 0.6 is 0 Å². The van der Waals surface area contributed by atoms with Crippen LogP contribution in [0.15, 0.2) is 54.3 Å². The van der Waals surface area contributed by atoms with Crippen LogP contribution in [0.25, 0.3) is 22.5 Å². The third kappa shape index (κ3) is 4.37. The molecule has 0 amide bonds. The molecule has 202 valence electrons. The molecule has 0 fully saturated rings. The number of hydrogen-bond acceptors (Lipinski definition) is 9. The van der Waals surface area contributed by atoms with Crippen molar-refractivity contribution in [1.29, 1.82) is 0 Å². The monoisotopic (exact) mass is 532 g/mol. The maximum Gasteiger partial charge on any atom is 0.200 e. The van der Waals surface area contributed by atoms with E-state index in [0.29, 0.717) is 28.2 Å². The van der Waals surface area contributed by atoms with Crippen LogP contribution in [-0.2, 0) is 19.0 Å². The molecule has 1 atom stereocenters. The van der Waals surface area contributed by atoms with Crippen molar-refractivity contribution >= 4 is 23.1 Å². The highest BCUT2D eigenvalue weighted by Gasteiger charge is 2.42. The minimum atomic E-state index is -1.06. The molecule has 0 aliphatic heterocycles. The van der Waals surface area contributed by atoms with Gasteiger partial charge in [0.15, 0.2) is 29.1 Å². The number of aromatic hydroxyl groups is 1. The largest absolute Gasteiger partial charge is 0.506 e. The molecule has 4 rings (SSSR count). The Bertz CT molecular complexity index is 1500. The number of ketones is 1. The van der Waals surface area contributed by atoms with Gasteiger partial charge in [0.1, 0.15) is 23.0 Å². The first-order valence-electron chi connectivity index (χ1n) is 11.8. The van der Waals surface area contributed by atoms with Crippen molar-refractivity contribution in [3.8, 4) is 34.1 Å². The average molecular weight is 533 g/mol. The Morgan fingerprint density at radius 3 is 2.03 bits per heavy atom. The molecule has 1 aliphatic rings. The lowest BCUT2D eigenvalue weighted by Crippen LogP contribution is -2.26. The number of phenolic OH excluding ortho intramolecular Hbond substituents is 1. The minimum absolute atomic E-state index is 0.0133. The van der Waals surface area contributed by atoms with Crippen LogP contribution in [0, 0.1) is 0 Å². The van der Waals surface area contributed by atoms with Crippen molar-refractivity contribution < 1.29 is 43.1 Å². The summed E-state index contributed by atoms with van der Waals surface area (Å²) in [4.78, 5) is 26.3. The predicted molar refractivity (Wildman–Crippen MR) is 144 cm³/mol. The summed E-state index contributed by atoms with van der Waals surface area (Å²) in [6.07, 6.45) is -1.06. The maximum atomic E-state index is 13.9. The molecule has 39 heavy (non-hydrogen) atoms. The van der Waals surface area contributed by atoms with Crippen LogP contribution in [0.5, 0.6) is 23.0 Å².